The Hall–Kier alpha value is -1.97. The monoisotopic (exact) mass is 490 g/mol. The topological polar surface area (TPSA) is 69.3 Å². The predicted octanol–water partition coefficient (Wildman–Crippen LogP) is 4.71. The van der Waals surface area contributed by atoms with Gasteiger partial charge in [0.15, 0.2) is 10.1 Å². The molecule has 0 amide bonds. The summed E-state index contributed by atoms with van der Waals surface area (Å²) in [4.78, 5) is 35.3. The van der Waals surface area contributed by atoms with Gasteiger partial charge in [0.05, 0.1) is 16.6 Å². The molecule has 29 heavy (non-hydrogen) atoms. The fourth-order valence-electron chi connectivity index (χ4n) is 3.10. The molecule has 150 valence electrons. The first kappa shape index (κ1) is 20.3. The van der Waals surface area contributed by atoms with Crippen molar-refractivity contribution < 1.29 is 0 Å². The Balaban J connectivity index is 1.70. The van der Waals surface area contributed by atoms with E-state index in [4.69, 9.17) is 4.98 Å². The lowest BCUT2D eigenvalue weighted by Crippen LogP contribution is -2.23. The van der Waals surface area contributed by atoms with Crippen molar-refractivity contribution in [1.29, 1.82) is 0 Å². The molecule has 0 N–H and O–H groups in total. The molecule has 0 unspecified atom stereocenters. The normalized spacial score (nSPS) is 11.5. The smallest absolute Gasteiger partial charge is 0.262 e. The molecule has 0 bridgehead atoms. The minimum atomic E-state index is -0.0940. The van der Waals surface area contributed by atoms with E-state index in [9.17, 15) is 9.59 Å². The third kappa shape index (κ3) is 4.31. The molecule has 9 heteroatoms. The minimum absolute atomic E-state index is 0.0309. The van der Waals surface area contributed by atoms with Crippen LogP contribution in [0.1, 0.15) is 31.9 Å². The van der Waals surface area contributed by atoms with E-state index in [-0.39, 0.29) is 11.1 Å². The average Bonchev–Trinajstić information content (AvgIpc) is 3.18. The highest BCUT2D eigenvalue weighted by Crippen LogP contribution is 2.23. The molecule has 0 spiro atoms. The highest BCUT2D eigenvalue weighted by Gasteiger charge is 2.13. The fourth-order valence-corrected chi connectivity index (χ4v) is 5.12. The van der Waals surface area contributed by atoms with Gasteiger partial charge in [0.25, 0.3) is 11.1 Å². The molecular formula is C20H19BrN4O2S2. The van der Waals surface area contributed by atoms with Gasteiger partial charge in [-0.05, 0) is 24.6 Å². The van der Waals surface area contributed by atoms with Gasteiger partial charge in [-0.25, -0.2) is 9.97 Å². The van der Waals surface area contributed by atoms with Crippen LogP contribution >= 0.6 is 39.0 Å². The zero-order chi connectivity index (χ0) is 20.4. The van der Waals surface area contributed by atoms with Gasteiger partial charge in [0.1, 0.15) is 0 Å². The summed E-state index contributed by atoms with van der Waals surface area (Å²) < 4.78 is 4.15. The number of thiazole rings is 1. The highest BCUT2D eigenvalue weighted by molar-refractivity contribution is 9.10. The van der Waals surface area contributed by atoms with E-state index in [1.165, 1.54) is 27.5 Å². The van der Waals surface area contributed by atoms with Crippen LogP contribution in [0.25, 0.3) is 15.9 Å². The molecule has 6 nitrogen and oxygen atoms in total. The third-order valence-electron chi connectivity index (χ3n) is 4.57. The van der Waals surface area contributed by atoms with Crippen LogP contribution in [0, 0.1) is 0 Å². The maximum atomic E-state index is 13.1. The molecule has 3 aromatic heterocycles. The second-order valence-electron chi connectivity index (χ2n) is 6.65. The van der Waals surface area contributed by atoms with Crippen molar-refractivity contribution in [2.45, 2.75) is 43.6 Å². The van der Waals surface area contributed by atoms with Crippen LogP contribution in [0.5, 0.6) is 0 Å². The number of nitrogens with zero attached hydrogens (tertiary/aromatic N) is 4. The Bertz CT molecular complexity index is 1300. The van der Waals surface area contributed by atoms with Crippen LogP contribution in [0.3, 0.4) is 0 Å². The van der Waals surface area contributed by atoms with Crippen LogP contribution in [0.15, 0.2) is 55.1 Å². The molecule has 0 saturated carbocycles. The van der Waals surface area contributed by atoms with Gasteiger partial charge < -0.3 is 0 Å². The first-order chi connectivity index (χ1) is 14.1. The van der Waals surface area contributed by atoms with Crippen LogP contribution in [-0.4, -0.2) is 18.9 Å². The van der Waals surface area contributed by atoms with Crippen molar-refractivity contribution >= 4 is 54.9 Å². The number of fused-ring (bicyclic) bond motifs is 2. The van der Waals surface area contributed by atoms with E-state index in [0.717, 1.165) is 23.7 Å². The Morgan fingerprint density at radius 2 is 2.03 bits per heavy atom. The molecule has 0 radical (unpaired) electrons. The summed E-state index contributed by atoms with van der Waals surface area (Å²) in [7, 11) is 0. The van der Waals surface area contributed by atoms with Crippen LogP contribution in [0.4, 0.5) is 0 Å². The second kappa shape index (κ2) is 8.81. The summed E-state index contributed by atoms with van der Waals surface area (Å²) >= 11 is 6.31. The van der Waals surface area contributed by atoms with E-state index in [1.807, 2.05) is 23.6 Å². The lowest BCUT2D eigenvalue weighted by atomic mass is 10.2. The summed E-state index contributed by atoms with van der Waals surface area (Å²) in [5.41, 5.74) is 1.24. The molecule has 0 aliphatic carbocycles. The fraction of sp³-hybridized carbons (Fsp3) is 0.300. The van der Waals surface area contributed by atoms with Crippen molar-refractivity contribution in [3.05, 3.63) is 66.7 Å². The summed E-state index contributed by atoms with van der Waals surface area (Å²) in [6, 6.07) is 7.11. The molecule has 0 fully saturated rings. The molecule has 0 atom stereocenters. The average molecular weight is 491 g/mol. The van der Waals surface area contributed by atoms with E-state index in [1.54, 1.807) is 16.8 Å². The van der Waals surface area contributed by atoms with Gasteiger partial charge in [0.2, 0.25) is 0 Å². The molecule has 4 rings (SSSR count). The number of hydrogen-bond acceptors (Lipinski definition) is 6. The van der Waals surface area contributed by atoms with E-state index < -0.39 is 0 Å². The molecule has 0 aliphatic rings. The Kier molecular flexibility index (Phi) is 6.17. The second-order valence-corrected chi connectivity index (χ2v) is 9.38. The van der Waals surface area contributed by atoms with Crippen molar-refractivity contribution in [1.82, 2.24) is 18.9 Å². The van der Waals surface area contributed by atoms with E-state index in [0.29, 0.717) is 39.0 Å². The number of thioether (sulfide) groups is 1. The number of benzene rings is 1. The van der Waals surface area contributed by atoms with Gasteiger partial charge in [-0.15, -0.1) is 11.3 Å². The Morgan fingerprint density at radius 3 is 2.86 bits per heavy atom. The maximum absolute atomic E-state index is 13.1. The third-order valence-corrected chi connectivity index (χ3v) is 6.83. The number of rotatable bonds is 7. The van der Waals surface area contributed by atoms with Crippen molar-refractivity contribution in [2.24, 2.45) is 0 Å². The van der Waals surface area contributed by atoms with Crippen molar-refractivity contribution in [3.8, 4) is 0 Å². The maximum Gasteiger partial charge on any atom is 0.262 e. The quantitative estimate of drug-likeness (QED) is 0.213. The summed E-state index contributed by atoms with van der Waals surface area (Å²) in [5.74, 6) is 0.478. The largest absolute Gasteiger partial charge is 0.287 e. The number of hydrogen-bond donors (Lipinski definition) is 0. The summed E-state index contributed by atoms with van der Waals surface area (Å²) in [6.45, 7) is 2.77. The summed E-state index contributed by atoms with van der Waals surface area (Å²) in [6.07, 6.45) is 4.78. The lowest BCUT2D eigenvalue weighted by molar-refractivity contribution is 0.541. The summed E-state index contributed by atoms with van der Waals surface area (Å²) in [5, 5.41) is 3.11. The van der Waals surface area contributed by atoms with Gasteiger partial charge in [-0.2, -0.15) is 0 Å². The van der Waals surface area contributed by atoms with Gasteiger partial charge in [-0.1, -0.05) is 47.5 Å². The molecule has 3 heterocycles. The highest BCUT2D eigenvalue weighted by atomic mass is 79.9. The first-order valence-corrected chi connectivity index (χ1v) is 12.0. The van der Waals surface area contributed by atoms with Crippen LogP contribution < -0.4 is 11.1 Å². The standard InChI is InChI=1S/C20H19BrN4O2S2/c1-2-3-4-7-25-18(27)15-10-13(21)5-6-16(15)23-20(25)29-12-14-11-17(26)24-8-9-28-19(24)22-14/h5-6,8-11H,2-4,7,12H2,1H3. The van der Waals surface area contributed by atoms with Crippen LogP contribution in [-0.2, 0) is 12.3 Å². The SMILES string of the molecule is CCCCCn1c(SCc2cc(=O)n3ccsc3n2)nc2ccc(Br)cc2c1=O. The number of unbranched alkanes of at least 4 members (excludes halogenated alkanes) is 2. The van der Waals surface area contributed by atoms with Gasteiger partial charge in [0, 0.05) is 34.4 Å². The van der Waals surface area contributed by atoms with E-state index >= 15 is 0 Å². The van der Waals surface area contributed by atoms with Crippen LogP contribution in [0.2, 0.25) is 0 Å². The zero-order valence-corrected chi connectivity index (χ0v) is 19.0. The Labute approximate surface area is 183 Å². The van der Waals surface area contributed by atoms with E-state index in [2.05, 4.69) is 27.8 Å². The number of aromatic nitrogens is 4. The zero-order valence-electron chi connectivity index (χ0n) is 15.8. The Morgan fingerprint density at radius 1 is 1.17 bits per heavy atom. The molecule has 0 saturated heterocycles. The first-order valence-electron chi connectivity index (χ1n) is 9.35. The molecular weight excluding hydrogens is 472 g/mol. The number of halogens is 1. The molecule has 0 aliphatic heterocycles. The van der Waals surface area contributed by atoms with Crippen molar-refractivity contribution in [3.63, 3.8) is 0 Å². The van der Waals surface area contributed by atoms with Gasteiger partial charge >= 0.3 is 0 Å². The molecule has 1 aromatic carbocycles. The lowest BCUT2D eigenvalue weighted by Gasteiger charge is -2.13. The predicted molar refractivity (Wildman–Crippen MR) is 122 cm³/mol. The van der Waals surface area contributed by atoms with Crippen molar-refractivity contribution in [2.75, 3.05) is 0 Å². The van der Waals surface area contributed by atoms with Gasteiger partial charge in [-0.3, -0.25) is 18.6 Å². The molecule has 4 aromatic rings. The minimum Gasteiger partial charge on any atom is -0.287 e.